The fourth-order valence-electron chi connectivity index (χ4n) is 4.45. The van der Waals surface area contributed by atoms with Crippen molar-refractivity contribution in [2.75, 3.05) is 33.4 Å². The van der Waals surface area contributed by atoms with E-state index in [0.717, 1.165) is 19.0 Å². The van der Waals surface area contributed by atoms with Crippen molar-refractivity contribution in [2.24, 2.45) is 0 Å². The van der Waals surface area contributed by atoms with Gasteiger partial charge in [-0.25, -0.2) is 9.37 Å². The number of fused-ring (bicyclic) bond motifs is 1. The number of ether oxygens (including phenoxy) is 2. The Morgan fingerprint density at radius 1 is 1.26 bits per heavy atom. The molecule has 1 aliphatic heterocycles. The van der Waals surface area contributed by atoms with Gasteiger partial charge in [0.1, 0.15) is 28.6 Å². The predicted molar refractivity (Wildman–Crippen MR) is 140 cm³/mol. The van der Waals surface area contributed by atoms with Gasteiger partial charge in [0, 0.05) is 38.7 Å². The molecule has 0 saturated carbocycles. The maximum absolute atomic E-state index is 15.1. The highest BCUT2D eigenvalue weighted by molar-refractivity contribution is 5.95. The number of aliphatic hydroxyl groups excluding tert-OH is 1. The van der Waals surface area contributed by atoms with Gasteiger partial charge in [-0.15, -0.1) is 4.98 Å². The molecule has 0 atom stereocenters. The molecule has 0 aromatic carbocycles. The fraction of sp³-hybridized carbons (Fsp3) is 0.321. The minimum absolute atomic E-state index is 0.0269. The number of hydrogen-bond donors (Lipinski definition) is 1. The quantitative estimate of drug-likeness (QED) is 0.345. The van der Waals surface area contributed by atoms with Crippen LogP contribution in [0.25, 0.3) is 38.7 Å². The smallest absolute Gasteiger partial charge is 0.312 e. The second-order valence-corrected chi connectivity index (χ2v) is 9.21. The Morgan fingerprint density at radius 2 is 2.05 bits per heavy atom. The van der Waals surface area contributed by atoms with Crippen LogP contribution >= 0.6 is 0 Å². The number of furan rings is 1. The minimum atomic E-state index is -0.650. The van der Waals surface area contributed by atoms with E-state index in [1.807, 2.05) is 0 Å². The van der Waals surface area contributed by atoms with E-state index in [-0.39, 0.29) is 47.8 Å². The molecule has 0 radical (unpaired) electrons. The normalized spacial score (nSPS) is 13.8. The van der Waals surface area contributed by atoms with Crippen molar-refractivity contribution >= 4 is 22.8 Å². The van der Waals surface area contributed by atoms with Crippen LogP contribution in [0, 0.1) is 19.3 Å². The lowest BCUT2D eigenvalue weighted by molar-refractivity contribution is 0.0258. The number of carbonyl (C=O) groups excluding carboxylic acids is 1. The molecule has 1 aliphatic rings. The van der Waals surface area contributed by atoms with Crippen LogP contribution in [0.5, 0.6) is 5.75 Å². The molecule has 0 unspecified atom stereocenters. The van der Waals surface area contributed by atoms with Crippen molar-refractivity contribution in [3.63, 3.8) is 0 Å². The maximum Gasteiger partial charge on any atom is 0.312 e. The third-order valence-corrected chi connectivity index (χ3v) is 6.50. The Morgan fingerprint density at radius 3 is 2.77 bits per heavy atom. The van der Waals surface area contributed by atoms with E-state index in [0.29, 0.717) is 47.1 Å². The van der Waals surface area contributed by atoms with Gasteiger partial charge in [-0.3, -0.25) is 9.78 Å². The lowest BCUT2D eigenvalue weighted by atomic mass is 10.1. The summed E-state index contributed by atoms with van der Waals surface area (Å²) in [6, 6.07) is 6.54. The second kappa shape index (κ2) is 11.1. The summed E-state index contributed by atoms with van der Waals surface area (Å²) in [7, 11) is 1.60. The number of halogens is 1. The molecule has 5 rings (SSSR count). The molecule has 200 valence electrons. The average Bonchev–Trinajstić information content (AvgIpc) is 3.37. The van der Waals surface area contributed by atoms with E-state index < -0.39 is 5.82 Å². The molecule has 5 heterocycles. The Kier molecular flexibility index (Phi) is 7.49. The van der Waals surface area contributed by atoms with Crippen LogP contribution in [0.3, 0.4) is 0 Å². The molecule has 1 N–H and O–H groups in total. The maximum atomic E-state index is 15.1. The summed E-state index contributed by atoms with van der Waals surface area (Å²) in [4.78, 5) is 30.4. The Hall–Kier alpha value is -4.40. The van der Waals surface area contributed by atoms with Crippen LogP contribution in [0.4, 0.5) is 10.2 Å². The third-order valence-electron chi connectivity index (χ3n) is 6.50. The average molecular weight is 532 g/mol. The zero-order valence-electron chi connectivity index (χ0n) is 21.5. The van der Waals surface area contributed by atoms with Crippen LogP contribution in [0.2, 0.25) is 0 Å². The van der Waals surface area contributed by atoms with Gasteiger partial charge in [0.05, 0.1) is 31.6 Å². The molecule has 0 bridgehead atoms. The van der Waals surface area contributed by atoms with E-state index in [4.69, 9.17) is 25.6 Å². The summed E-state index contributed by atoms with van der Waals surface area (Å²) in [6.07, 6.45) is 3.88. The highest BCUT2D eigenvalue weighted by atomic mass is 19.1. The summed E-state index contributed by atoms with van der Waals surface area (Å²) in [5, 5.41) is 9.10. The number of aromatic nitrogens is 3. The number of likely N-dealkylation sites (N-methyl/N-ethyl adjacent to an activating group) is 1. The molecule has 0 spiro atoms. The monoisotopic (exact) mass is 531 g/mol. The van der Waals surface area contributed by atoms with Gasteiger partial charge < -0.3 is 28.7 Å². The van der Waals surface area contributed by atoms with Crippen LogP contribution in [0.15, 0.2) is 41.1 Å². The number of nitrogens with zero attached hydrogens (tertiary/aromatic N) is 5. The van der Waals surface area contributed by atoms with Crippen LogP contribution in [0.1, 0.15) is 28.8 Å². The standard InChI is InChI=1S/C28H26FN5O5/c1-16-12-17(28(36)34(3)8-9-35)14-32-25(16)23-13-21-26(39-23)24(19(29)15-31-21)20-4-5-22(27(30-2)33-20)38-18-6-10-37-11-7-18/h4-5,12-15,18,35H,6-11H2,1,3H3. The summed E-state index contributed by atoms with van der Waals surface area (Å²) in [5.74, 6) is -0.214. The summed E-state index contributed by atoms with van der Waals surface area (Å²) in [5.41, 5.74) is 2.34. The lowest BCUT2D eigenvalue weighted by Crippen LogP contribution is -2.29. The van der Waals surface area contributed by atoms with Gasteiger partial charge >= 0.3 is 5.82 Å². The second-order valence-electron chi connectivity index (χ2n) is 9.21. The van der Waals surface area contributed by atoms with E-state index >= 15 is 4.39 Å². The van der Waals surface area contributed by atoms with Crippen molar-refractivity contribution in [1.29, 1.82) is 0 Å². The number of aliphatic hydroxyl groups is 1. The number of aryl methyl sites for hydroxylation is 1. The molecule has 4 aromatic rings. The molecule has 10 nitrogen and oxygen atoms in total. The molecule has 4 aromatic heterocycles. The number of carbonyl (C=O) groups is 1. The third kappa shape index (κ3) is 5.30. The van der Waals surface area contributed by atoms with Crippen molar-refractivity contribution in [3.8, 4) is 28.5 Å². The van der Waals surface area contributed by atoms with E-state index in [9.17, 15) is 4.79 Å². The molecule has 39 heavy (non-hydrogen) atoms. The van der Waals surface area contributed by atoms with E-state index in [1.165, 1.54) is 11.1 Å². The first-order valence-corrected chi connectivity index (χ1v) is 12.4. The number of amides is 1. The molecule has 11 heteroatoms. The number of rotatable bonds is 7. The molecule has 0 aliphatic carbocycles. The van der Waals surface area contributed by atoms with Crippen molar-refractivity contribution in [2.45, 2.75) is 25.9 Å². The van der Waals surface area contributed by atoms with Crippen molar-refractivity contribution < 1.29 is 28.2 Å². The van der Waals surface area contributed by atoms with Gasteiger partial charge in [-0.05, 0) is 30.7 Å². The molecule has 1 saturated heterocycles. The summed E-state index contributed by atoms with van der Waals surface area (Å²) < 4.78 is 32.5. The number of hydrogen-bond acceptors (Lipinski definition) is 8. The first-order valence-electron chi connectivity index (χ1n) is 12.4. The minimum Gasteiger partial charge on any atom is -0.499 e. The Balaban J connectivity index is 1.50. The van der Waals surface area contributed by atoms with Crippen LogP contribution in [-0.2, 0) is 4.74 Å². The fourth-order valence-corrected chi connectivity index (χ4v) is 4.45. The zero-order chi connectivity index (χ0) is 27.5. The van der Waals surface area contributed by atoms with Gasteiger partial charge in [-0.2, -0.15) is 0 Å². The van der Waals surface area contributed by atoms with Crippen molar-refractivity contribution in [3.05, 3.63) is 65.0 Å². The first kappa shape index (κ1) is 26.2. The zero-order valence-corrected chi connectivity index (χ0v) is 21.5. The molecule has 1 amide bonds. The highest BCUT2D eigenvalue weighted by Gasteiger charge is 2.24. The SMILES string of the molecule is [C-]#[N+]c1nc(-c2c(F)cnc3cc(-c4ncc(C(=O)N(C)CCO)cc4C)oc23)ccc1OC1CCOCC1. The molecular weight excluding hydrogens is 505 g/mol. The van der Waals surface area contributed by atoms with E-state index in [2.05, 4.69) is 19.8 Å². The predicted octanol–water partition coefficient (Wildman–Crippen LogP) is 4.57. The van der Waals surface area contributed by atoms with Crippen molar-refractivity contribution in [1.82, 2.24) is 19.9 Å². The first-order chi connectivity index (χ1) is 18.9. The summed E-state index contributed by atoms with van der Waals surface area (Å²) >= 11 is 0. The van der Waals surface area contributed by atoms with Crippen LogP contribution < -0.4 is 4.74 Å². The largest absolute Gasteiger partial charge is 0.499 e. The van der Waals surface area contributed by atoms with E-state index in [1.54, 1.807) is 38.2 Å². The highest BCUT2D eigenvalue weighted by Crippen LogP contribution is 2.38. The summed E-state index contributed by atoms with van der Waals surface area (Å²) in [6.45, 7) is 10.6. The van der Waals surface area contributed by atoms with Crippen LogP contribution in [-0.4, -0.2) is 70.4 Å². The van der Waals surface area contributed by atoms with Gasteiger partial charge in [0.2, 0.25) is 0 Å². The lowest BCUT2D eigenvalue weighted by Gasteiger charge is -2.23. The topological polar surface area (TPSA) is 115 Å². The van der Waals surface area contributed by atoms with Gasteiger partial charge in [0.25, 0.3) is 5.91 Å². The van der Waals surface area contributed by atoms with Gasteiger partial charge in [-0.1, -0.05) is 6.57 Å². The van der Waals surface area contributed by atoms with Gasteiger partial charge in [0.15, 0.2) is 22.9 Å². The molecular formula is C28H26FN5O5. The Bertz CT molecular complexity index is 1570. The Labute approximate surface area is 223 Å². The molecule has 1 fully saturated rings. The number of pyridine rings is 3.